The van der Waals surface area contributed by atoms with Gasteiger partial charge in [0.15, 0.2) is 0 Å². The summed E-state index contributed by atoms with van der Waals surface area (Å²) in [6, 6.07) is 16.0. The fourth-order valence-corrected chi connectivity index (χ4v) is 7.50. The van der Waals surface area contributed by atoms with Crippen LogP contribution in [0.25, 0.3) is 11.6 Å². The molecule has 0 aliphatic carbocycles. The number of nitrogens with zero attached hydrogens (tertiary/aromatic N) is 2. The zero-order valence-electron chi connectivity index (χ0n) is 22.9. The van der Waals surface area contributed by atoms with Crippen LogP contribution >= 0.6 is 11.6 Å². The Bertz CT molecular complexity index is 1590. The second-order valence-electron chi connectivity index (χ2n) is 10.6. The summed E-state index contributed by atoms with van der Waals surface area (Å²) in [5, 5.41) is 9.83. The van der Waals surface area contributed by atoms with Gasteiger partial charge in [-0.3, -0.25) is 14.0 Å². The third-order valence-electron chi connectivity index (χ3n) is 7.62. The van der Waals surface area contributed by atoms with E-state index in [2.05, 4.69) is 0 Å². The van der Waals surface area contributed by atoms with Crippen molar-refractivity contribution in [3.05, 3.63) is 88.2 Å². The van der Waals surface area contributed by atoms with Crippen LogP contribution in [0.5, 0.6) is 5.75 Å². The predicted octanol–water partition coefficient (Wildman–Crippen LogP) is 6.24. The first-order valence-electron chi connectivity index (χ1n) is 13.5. The Morgan fingerprint density at radius 2 is 1.95 bits per heavy atom. The van der Waals surface area contributed by atoms with Crippen LogP contribution in [-0.2, 0) is 14.8 Å². The number of allylic oxidation sites excluding steroid dienone is 1. The maximum Gasteiger partial charge on any atom is 0.320 e. The van der Waals surface area contributed by atoms with Gasteiger partial charge in [0.05, 0.1) is 22.2 Å². The highest BCUT2D eigenvalue weighted by Gasteiger charge is 2.36. The van der Waals surface area contributed by atoms with E-state index in [0.717, 1.165) is 12.0 Å². The van der Waals surface area contributed by atoms with Crippen molar-refractivity contribution >= 4 is 44.9 Å². The first-order chi connectivity index (χ1) is 19.5. The molecule has 0 unspecified atom stereocenters. The number of fused-ring (bicyclic) bond motifs is 1. The summed E-state index contributed by atoms with van der Waals surface area (Å²) >= 11 is 6.26. The molecule has 5 rings (SSSR count). The van der Waals surface area contributed by atoms with E-state index < -0.39 is 34.0 Å². The Kier molecular flexibility index (Phi) is 8.40. The fraction of sp³-hybridized carbons (Fsp3) is 0.323. The minimum Gasteiger partial charge on any atom is -0.486 e. The molecule has 3 aromatic rings. The summed E-state index contributed by atoms with van der Waals surface area (Å²) in [6.07, 6.45) is 3.17. The van der Waals surface area contributed by atoms with Crippen LogP contribution in [0, 0.1) is 12.7 Å². The van der Waals surface area contributed by atoms with E-state index in [1.807, 2.05) is 17.9 Å². The minimum atomic E-state index is -3.96. The Morgan fingerprint density at radius 3 is 2.68 bits per heavy atom. The number of halogens is 2. The normalized spacial score (nSPS) is 19.6. The topological polar surface area (TPSA) is 87.2 Å². The molecule has 1 N–H and O–H groups in total. The third-order valence-corrected chi connectivity index (χ3v) is 9.71. The second kappa shape index (κ2) is 11.8. The molecular weight excluding hydrogens is 567 g/mol. The predicted molar refractivity (Wildman–Crippen MR) is 158 cm³/mol. The number of hydrogen-bond donors (Lipinski definition) is 1. The number of carboxylic acids is 1. The molecule has 2 aliphatic rings. The summed E-state index contributed by atoms with van der Waals surface area (Å²) in [6.45, 7) is 4.83. The number of sulfonamides is 1. The molecule has 2 atom stereocenters. The van der Waals surface area contributed by atoms with E-state index in [1.54, 1.807) is 61.5 Å². The van der Waals surface area contributed by atoms with Crippen molar-refractivity contribution in [2.24, 2.45) is 0 Å². The fourth-order valence-electron chi connectivity index (χ4n) is 5.58. The molecule has 2 aliphatic heterocycles. The number of likely N-dealkylation sites (tertiary alicyclic amines) is 1. The lowest BCUT2D eigenvalue weighted by molar-refractivity contribution is -0.142. The summed E-state index contributed by atoms with van der Waals surface area (Å²) < 4.78 is 50.2. The molecule has 2 heterocycles. The van der Waals surface area contributed by atoms with Gasteiger partial charge in [-0.05, 0) is 92.8 Å². The number of carbonyl (C=O) groups is 1. The number of benzene rings is 3. The van der Waals surface area contributed by atoms with E-state index in [9.17, 15) is 22.7 Å². The minimum absolute atomic E-state index is 0.0696. The van der Waals surface area contributed by atoms with Gasteiger partial charge in [0.1, 0.15) is 23.7 Å². The smallest absolute Gasteiger partial charge is 0.320 e. The summed E-state index contributed by atoms with van der Waals surface area (Å²) in [5.74, 6) is -0.872. The van der Waals surface area contributed by atoms with Gasteiger partial charge >= 0.3 is 5.97 Å². The van der Waals surface area contributed by atoms with E-state index in [4.69, 9.17) is 16.3 Å². The highest BCUT2D eigenvalue weighted by molar-refractivity contribution is 7.92. The summed E-state index contributed by atoms with van der Waals surface area (Å²) in [5.41, 5.74) is 2.74. The van der Waals surface area contributed by atoms with Gasteiger partial charge in [-0.15, -0.1) is 0 Å². The van der Waals surface area contributed by atoms with Crippen LogP contribution in [0.3, 0.4) is 0 Å². The van der Waals surface area contributed by atoms with Crippen molar-refractivity contribution in [2.75, 3.05) is 23.9 Å². The Labute approximate surface area is 244 Å². The van der Waals surface area contributed by atoms with Crippen molar-refractivity contribution in [3.8, 4) is 5.75 Å². The number of rotatable bonds is 8. The molecule has 7 nitrogen and oxygen atoms in total. The van der Waals surface area contributed by atoms with E-state index in [-0.39, 0.29) is 22.0 Å². The van der Waals surface area contributed by atoms with Crippen molar-refractivity contribution in [1.82, 2.24) is 4.90 Å². The standard InChI is InChI=1S/C31H32ClFN2O5S/c1-20-6-3-7-24(16-20)41(38,39)35-19-23(13-15-34-14-5-10-27(34)31(36)37)40-29-12-11-22(18-28(29)35)17-21(2)30-25(32)8-4-9-26(30)33/h3-4,6-9,11-12,16-18,23,27H,5,10,13-15,19H2,1-2H3,(H,36,37)/b21-17+/t23-,27-/m0/s1. The SMILES string of the molecule is C/C(=C\c1ccc2c(c1)N(S(=O)(=O)c1cccc(C)c1)C[C@H](CCN1CCC[C@H]1C(=O)O)O2)c1c(F)cccc1Cl. The zero-order chi connectivity index (χ0) is 29.3. The van der Waals surface area contributed by atoms with Gasteiger partial charge in [0.25, 0.3) is 10.0 Å². The number of aryl methyl sites for hydroxylation is 1. The molecule has 0 bridgehead atoms. The van der Waals surface area contributed by atoms with Crippen molar-refractivity contribution < 1.29 is 27.4 Å². The van der Waals surface area contributed by atoms with Gasteiger partial charge in [-0.1, -0.05) is 41.9 Å². The largest absolute Gasteiger partial charge is 0.486 e. The quantitative estimate of drug-likeness (QED) is 0.309. The van der Waals surface area contributed by atoms with Crippen LogP contribution < -0.4 is 9.04 Å². The molecule has 3 aromatic carbocycles. The van der Waals surface area contributed by atoms with Crippen molar-refractivity contribution in [2.45, 2.75) is 50.2 Å². The van der Waals surface area contributed by atoms with Crippen LogP contribution in [0.4, 0.5) is 10.1 Å². The number of anilines is 1. The Hall–Kier alpha value is -3.40. The molecule has 1 saturated heterocycles. The average molecular weight is 599 g/mol. The van der Waals surface area contributed by atoms with Crippen molar-refractivity contribution in [3.63, 3.8) is 0 Å². The first-order valence-corrected chi connectivity index (χ1v) is 15.4. The number of hydrogen-bond acceptors (Lipinski definition) is 5. The Balaban J connectivity index is 1.49. The molecule has 0 aromatic heterocycles. The molecule has 216 valence electrons. The monoisotopic (exact) mass is 598 g/mol. The van der Waals surface area contributed by atoms with Crippen molar-refractivity contribution in [1.29, 1.82) is 0 Å². The van der Waals surface area contributed by atoms with Gasteiger partial charge < -0.3 is 9.84 Å². The maximum absolute atomic E-state index is 14.5. The van der Waals surface area contributed by atoms with E-state index in [0.29, 0.717) is 48.5 Å². The zero-order valence-corrected chi connectivity index (χ0v) is 24.5. The molecule has 0 spiro atoms. The van der Waals surface area contributed by atoms with Gasteiger partial charge in [0.2, 0.25) is 0 Å². The van der Waals surface area contributed by atoms with Crippen LogP contribution in [-0.4, -0.2) is 56.2 Å². The van der Waals surface area contributed by atoms with E-state index in [1.165, 1.54) is 10.4 Å². The van der Waals surface area contributed by atoms with Gasteiger partial charge in [-0.2, -0.15) is 0 Å². The lowest BCUT2D eigenvalue weighted by Gasteiger charge is -2.36. The highest BCUT2D eigenvalue weighted by Crippen LogP contribution is 2.39. The van der Waals surface area contributed by atoms with Crippen LogP contribution in [0.15, 0.2) is 65.6 Å². The third kappa shape index (κ3) is 6.12. The highest BCUT2D eigenvalue weighted by atomic mass is 35.5. The van der Waals surface area contributed by atoms with Gasteiger partial charge in [-0.25, -0.2) is 12.8 Å². The molecule has 0 radical (unpaired) electrons. The molecule has 10 heteroatoms. The Morgan fingerprint density at radius 1 is 1.17 bits per heavy atom. The first kappa shape index (κ1) is 29.1. The molecule has 0 amide bonds. The summed E-state index contributed by atoms with van der Waals surface area (Å²) in [4.78, 5) is 13.7. The van der Waals surface area contributed by atoms with Crippen LogP contribution in [0.2, 0.25) is 5.02 Å². The average Bonchev–Trinajstić information content (AvgIpc) is 3.40. The molecule has 41 heavy (non-hydrogen) atoms. The maximum atomic E-state index is 14.5. The number of carboxylic acid groups (broad SMARTS) is 1. The number of aliphatic carboxylic acids is 1. The molecule has 1 fully saturated rings. The molecular formula is C31H32ClFN2O5S. The van der Waals surface area contributed by atoms with Crippen LogP contribution in [0.1, 0.15) is 42.9 Å². The van der Waals surface area contributed by atoms with E-state index >= 15 is 0 Å². The number of ether oxygens (including phenoxy) is 1. The second-order valence-corrected chi connectivity index (χ2v) is 12.8. The summed E-state index contributed by atoms with van der Waals surface area (Å²) in [7, 11) is -3.96. The lowest BCUT2D eigenvalue weighted by atomic mass is 10.0. The lowest BCUT2D eigenvalue weighted by Crippen LogP contribution is -2.45. The molecule has 0 saturated carbocycles. The van der Waals surface area contributed by atoms with Gasteiger partial charge in [0, 0.05) is 12.1 Å².